The average Bonchev–Trinajstić information content (AvgIpc) is 2.84. The van der Waals surface area contributed by atoms with E-state index >= 15 is 0 Å². The molecule has 11 nitrogen and oxygen atoms in total. The Labute approximate surface area is 202 Å². The second kappa shape index (κ2) is 10.8. The van der Waals surface area contributed by atoms with Crippen LogP contribution in [-0.4, -0.2) is 93.9 Å². The Morgan fingerprint density at radius 3 is 2.43 bits per heavy atom. The molecule has 1 heterocycles. The van der Waals surface area contributed by atoms with E-state index in [2.05, 4.69) is 5.32 Å². The number of amides is 1. The number of benzene rings is 2. The fourth-order valence-electron chi connectivity index (χ4n) is 4.77. The average molecular weight is 491 g/mol. The zero-order valence-corrected chi connectivity index (χ0v) is 19.2. The molecule has 2 aliphatic rings. The highest BCUT2D eigenvalue weighted by Gasteiger charge is 2.48. The molecule has 35 heavy (non-hydrogen) atoms. The second-order valence-corrected chi connectivity index (χ2v) is 9.37. The van der Waals surface area contributed by atoms with Crippen molar-refractivity contribution in [1.29, 1.82) is 0 Å². The fourth-order valence-corrected chi connectivity index (χ4v) is 4.77. The van der Waals surface area contributed by atoms with Crippen LogP contribution < -0.4 is 22.5 Å². The van der Waals surface area contributed by atoms with Crippen LogP contribution in [0.15, 0.2) is 42.5 Å². The van der Waals surface area contributed by atoms with Gasteiger partial charge in [-0.2, -0.15) is 0 Å². The highest BCUT2D eigenvalue weighted by Crippen LogP contribution is 2.27. The third-order valence-corrected chi connectivity index (χ3v) is 6.86. The van der Waals surface area contributed by atoms with Gasteiger partial charge in [0.25, 0.3) is 0 Å². The lowest BCUT2D eigenvalue weighted by molar-refractivity contribution is -0.288. The van der Waals surface area contributed by atoms with Crippen molar-refractivity contribution in [3.63, 3.8) is 0 Å². The van der Waals surface area contributed by atoms with Gasteiger partial charge in [-0.1, -0.05) is 42.5 Å². The number of rotatable bonds is 6. The number of hydrogen-bond acceptors (Lipinski definition) is 10. The molecule has 0 unspecified atom stereocenters. The van der Waals surface area contributed by atoms with Gasteiger partial charge < -0.3 is 52.4 Å². The summed E-state index contributed by atoms with van der Waals surface area (Å²) in [7, 11) is 0. The van der Waals surface area contributed by atoms with Gasteiger partial charge in [0.2, 0.25) is 5.91 Å². The largest absolute Gasteiger partial charge is 0.389 e. The van der Waals surface area contributed by atoms with Gasteiger partial charge in [-0.3, -0.25) is 4.79 Å². The predicted octanol–water partition coefficient (Wildman–Crippen LogP) is -2.56. The lowest BCUT2D eigenvalue weighted by atomic mass is 9.84. The minimum Gasteiger partial charge on any atom is -0.389 e. The van der Waals surface area contributed by atoms with E-state index in [1.807, 2.05) is 42.5 Å². The number of aliphatic hydroxyl groups is 4. The van der Waals surface area contributed by atoms with E-state index in [9.17, 15) is 25.2 Å². The molecule has 4 rings (SSSR count). The van der Waals surface area contributed by atoms with Crippen LogP contribution in [0.25, 0.3) is 10.8 Å². The lowest BCUT2D eigenvalue weighted by Crippen LogP contribution is -2.67. The van der Waals surface area contributed by atoms with E-state index in [-0.39, 0.29) is 25.3 Å². The molecule has 0 spiro atoms. The highest BCUT2D eigenvalue weighted by molar-refractivity contribution is 5.90. The summed E-state index contributed by atoms with van der Waals surface area (Å²) in [4.78, 5) is 12.6. The van der Waals surface area contributed by atoms with Crippen molar-refractivity contribution in [2.45, 2.75) is 73.9 Å². The molecule has 10 atom stereocenters. The van der Waals surface area contributed by atoms with Crippen LogP contribution in [0.5, 0.6) is 0 Å². The van der Waals surface area contributed by atoms with Crippen molar-refractivity contribution in [2.75, 3.05) is 6.54 Å². The summed E-state index contributed by atoms with van der Waals surface area (Å²) in [6.45, 7) is -0.110. The molecule has 11 heteroatoms. The maximum absolute atomic E-state index is 12.6. The maximum Gasteiger partial charge on any atom is 0.224 e. The number of nitrogens with two attached hydrogens (primary N) is 3. The molecular weight excluding hydrogens is 456 g/mol. The molecule has 1 amide bonds. The van der Waals surface area contributed by atoms with Crippen LogP contribution in [-0.2, 0) is 20.7 Å². The summed E-state index contributed by atoms with van der Waals surface area (Å²) >= 11 is 0. The highest BCUT2D eigenvalue weighted by atomic mass is 16.7. The van der Waals surface area contributed by atoms with Gasteiger partial charge in [0.15, 0.2) is 6.29 Å². The first-order chi connectivity index (χ1) is 16.7. The summed E-state index contributed by atoms with van der Waals surface area (Å²) in [5.74, 6) is -0.291. The monoisotopic (exact) mass is 490 g/mol. The van der Waals surface area contributed by atoms with E-state index in [1.165, 1.54) is 0 Å². The van der Waals surface area contributed by atoms with Crippen molar-refractivity contribution in [2.24, 2.45) is 17.2 Å². The minimum absolute atomic E-state index is 0.110. The third kappa shape index (κ3) is 5.48. The molecular formula is C24H34N4O7. The van der Waals surface area contributed by atoms with Crippen molar-refractivity contribution in [3.8, 4) is 0 Å². The molecule has 2 aromatic rings. The smallest absolute Gasteiger partial charge is 0.224 e. The van der Waals surface area contributed by atoms with Crippen LogP contribution in [0.3, 0.4) is 0 Å². The number of aliphatic hydroxyl groups excluding tert-OH is 4. The first-order valence-electron chi connectivity index (χ1n) is 11.7. The summed E-state index contributed by atoms with van der Waals surface area (Å²) in [5, 5.41) is 46.1. The Morgan fingerprint density at radius 1 is 0.943 bits per heavy atom. The van der Waals surface area contributed by atoms with Gasteiger partial charge in [-0.25, -0.2) is 0 Å². The zero-order chi connectivity index (χ0) is 25.3. The van der Waals surface area contributed by atoms with Crippen molar-refractivity contribution in [3.05, 3.63) is 48.0 Å². The number of nitrogens with one attached hydrogen (secondary N) is 1. The third-order valence-electron chi connectivity index (χ3n) is 6.86. The Balaban J connectivity index is 1.38. The summed E-state index contributed by atoms with van der Waals surface area (Å²) < 4.78 is 11.5. The summed E-state index contributed by atoms with van der Waals surface area (Å²) in [6.07, 6.45) is -8.45. The minimum atomic E-state index is -1.42. The Kier molecular flexibility index (Phi) is 8.01. The number of ether oxygens (including phenoxy) is 2. The van der Waals surface area contributed by atoms with E-state index in [1.54, 1.807) is 0 Å². The standard InChI is InChI=1S/C24H34N4O7/c25-14-9-15(26)23(22(33)19(14)30)35-24-18(27)21(32)20(31)16(34-24)10-28-17(29)8-12-6-3-5-11-4-1-2-7-13(11)12/h1-7,14-16,18-24,30-33H,8-10,25-27H2,(H,28,29)/t14-,15+,16-,18-,19+,20-,21-,22-,23-,24-/m1/s1. The van der Waals surface area contributed by atoms with Gasteiger partial charge in [0.05, 0.1) is 18.6 Å². The molecule has 2 fully saturated rings. The normalized spacial score (nSPS) is 37.8. The zero-order valence-electron chi connectivity index (χ0n) is 19.2. The predicted molar refractivity (Wildman–Crippen MR) is 127 cm³/mol. The number of carbonyl (C=O) groups excluding carboxylic acids is 1. The molecule has 2 aromatic carbocycles. The quantitative estimate of drug-likeness (QED) is 0.212. The maximum atomic E-state index is 12.6. The Bertz CT molecular complexity index is 1020. The molecule has 1 aliphatic carbocycles. The molecule has 1 aliphatic heterocycles. The molecule has 192 valence electrons. The molecule has 1 saturated heterocycles. The summed E-state index contributed by atoms with van der Waals surface area (Å²) in [6, 6.07) is 10.9. The Morgan fingerprint density at radius 2 is 1.66 bits per heavy atom. The SMILES string of the molecule is N[C@H]1[C@@H](O[C@H]2[C@H](O)[C@@H](O)[C@H](N)C[C@@H]2N)O[C@H](CNC(=O)Cc2cccc3ccccc23)[C@@H](O)[C@@H]1O. The molecule has 11 N–H and O–H groups in total. The van der Waals surface area contributed by atoms with Crippen LogP contribution in [0.2, 0.25) is 0 Å². The van der Waals surface area contributed by atoms with Crippen LogP contribution in [0.4, 0.5) is 0 Å². The van der Waals surface area contributed by atoms with Gasteiger partial charge in [0.1, 0.15) is 30.5 Å². The molecule has 0 bridgehead atoms. The topological polar surface area (TPSA) is 207 Å². The van der Waals surface area contributed by atoms with E-state index < -0.39 is 61.0 Å². The Hall–Kier alpha value is -2.19. The van der Waals surface area contributed by atoms with E-state index in [0.29, 0.717) is 0 Å². The molecule has 0 radical (unpaired) electrons. The van der Waals surface area contributed by atoms with Gasteiger partial charge in [-0.15, -0.1) is 0 Å². The van der Waals surface area contributed by atoms with Crippen LogP contribution in [0.1, 0.15) is 12.0 Å². The van der Waals surface area contributed by atoms with Crippen molar-refractivity contribution >= 4 is 16.7 Å². The van der Waals surface area contributed by atoms with Gasteiger partial charge in [-0.05, 0) is 22.8 Å². The second-order valence-electron chi connectivity index (χ2n) is 9.37. The first kappa shape index (κ1) is 25.9. The number of fused-ring (bicyclic) bond motifs is 1. The summed E-state index contributed by atoms with van der Waals surface area (Å²) in [5.41, 5.74) is 18.7. The van der Waals surface area contributed by atoms with E-state index in [4.69, 9.17) is 26.7 Å². The van der Waals surface area contributed by atoms with Crippen molar-refractivity contribution < 1.29 is 34.7 Å². The van der Waals surface area contributed by atoms with Crippen LogP contribution in [0, 0.1) is 0 Å². The number of carbonyl (C=O) groups is 1. The van der Waals surface area contributed by atoms with Crippen molar-refractivity contribution in [1.82, 2.24) is 5.32 Å². The van der Waals surface area contributed by atoms with Gasteiger partial charge in [0, 0.05) is 18.6 Å². The molecule has 0 aromatic heterocycles. The van der Waals surface area contributed by atoms with Gasteiger partial charge >= 0.3 is 0 Å². The number of hydrogen-bond donors (Lipinski definition) is 8. The van der Waals surface area contributed by atoms with Crippen LogP contribution >= 0.6 is 0 Å². The first-order valence-corrected chi connectivity index (χ1v) is 11.7. The van der Waals surface area contributed by atoms with E-state index in [0.717, 1.165) is 16.3 Å². The molecule has 1 saturated carbocycles. The fraction of sp³-hybridized carbons (Fsp3) is 0.542. The lowest BCUT2D eigenvalue weighted by Gasteiger charge is -2.45.